The van der Waals surface area contributed by atoms with Crippen molar-refractivity contribution in [2.75, 3.05) is 37.6 Å². The lowest BCUT2D eigenvalue weighted by molar-refractivity contribution is -0.127. The first kappa shape index (κ1) is 21.1. The SMILES string of the molecule is O=CC1(N2C(=O)c3ccc(N4CCC(C5CCNCC5)CC4)cc3C2=O)CCC(=O)NC1. The topological polar surface area (TPSA) is 98.8 Å². The number of rotatable bonds is 4. The number of benzene rings is 1. The van der Waals surface area contributed by atoms with Gasteiger partial charge in [0.1, 0.15) is 11.8 Å². The monoisotopic (exact) mass is 438 g/mol. The zero-order chi connectivity index (χ0) is 22.3. The van der Waals surface area contributed by atoms with Gasteiger partial charge < -0.3 is 20.3 Å². The minimum absolute atomic E-state index is 0.0299. The van der Waals surface area contributed by atoms with Crippen molar-refractivity contribution in [3.63, 3.8) is 0 Å². The molecule has 0 saturated carbocycles. The second-order valence-corrected chi connectivity index (χ2v) is 9.59. The van der Waals surface area contributed by atoms with Crippen molar-refractivity contribution in [3.05, 3.63) is 29.3 Å². The molecular formula is C24H30N4O4. The van der Waals surface area contributed by atoms with Gasteiger partial charge >= 0.3 is 0 Å². The molecule has 8 heteroatoms. The lowest BCUT2D eigenvalue weighted by Gasteiger charge is -2.39. The van der Waals surface area contributed by atoms with E-state index in [0.29, 0.717) is 17.4 Å². The molecule has 170 valence electrons. The summed E-state index contributed by atoms with van der Waals surface area (Å²) in [5.41, 5.74) is 0.328. The van der Waals surface area contributed by atoms with Crippen molar-refractivity contribution in [1.82, 2.24) is 15.5 Å². The maximum Gasteiger partial charge on any atom is 0.262 e. The molecule has 4 aliphatic heterocycles. The number of amides is 3. The summed E-state index contributed by atoms with van der Waals surface area (Å²) in [6, 6.07) is 5.43. The van der Waals surface area contributed by atoms with Gasteiger partial charge in [-0.15, -0.1) is 0 Å². The highest BCUT2D eigenvalue weighted by Crippen LogP contribution is 2.36. The van der Waals surface area contributed by atoms with E-state index in [4.69, 9.17) is 0 Å². The van der Waals surface area contributed by atoms with Gasteiger partial charge in [0.15, 0.2) is 0 Å². The van der Waals surface area contributed by atoms with Gasteiger partial charge in [0.25, 0.3) is 11.8 Å². The molecule has 1 aromatic carbocycles. The summed E-state index contributed by atoms with van der Waals surface area (Å²) in [4.78, 5) is 53.3. The molecule has 1 atom stereocenters. The van der Waals surface area contributed by atoms with Gasteiger partial charge in [0.05, 0.1) is 11.1 Å². The van der Waals surface area contributed by atoms with Gasteiger partial charge in [-0.2, -0.15) is 0 Å². The van der Waals surface area contributed by atoms with Crippen LogP contribution in [0.4, 0.5) is 5.69 Å². The van der Waals surface area contributed by atoms with Crippen LogP contribution in [0.15, 0.2) is 18.2 Å². The van der Waals surface area contributed by atoms with Crippen molar-refractivity contribution >= 4 is 29.7 Å². The largest absolute Gasteiger partial charge is 0.371 e. The molecule has 4 heterocycles. The smallest absolute Gasteiger partial charge is 0.262 e. The maximum atomic E-state index is 13.3. The Balaban J connectivity index is 1.32. The highest BCUT2D eigenvalue weighted by molar-refractivity contribution is 6.23. The first-order valence-electron chi connectivity index (χ1n) is 11.7. The van der Waals surface area contributed by atoms with Crippen LogP contribution in [0.2, 0.25) is 0 Å². The number of nitrogens with one attached hydrogen (secondary N) is 2. The van der Waals surface area contributed by atoms with E-state index in [2.05, 4.69) is 15.5 Å². The fraction of sp³-hybridized carbons (Fsp3) is 0.583. The van der Waals surface area contributed by atoms with Gasteiger partial charge in [-0.3, -0.25) is 19.3 Å². The Morgan fingerprint density at radius 2 is 1.62 bits per heavy atom. The number of imide groups is 1. The molecule has 2 N–H and O–H groups in total. The molecular weight excluding hydrogens is 408 g/mol. The number of fused-ring (bicyclic) bond motifs is 1. The predicted molar refractivity (Wildman–Crippen MR) is 119 cm³/mol. The van der Waals surface area contributed by atoms with E-state index in [9.17, 15) is 19.2 Å². The van der Waals surface area contributed by atoms with Crippen LogP contribution in [-0.2, 0) is 9.59 Å². The van der Waals surface area contributed by atoms with E-state index in [-0.39, 0.29) is 25.3 Å². The molecule has 5 rings (SSSR count). The minimum atomic E-state index is -1.31. The second kappa shape index (κ2) is 8.31. The van der Waals surface area contributed by atoms with Crippen molar-refractivity contribution < 1.29 is 19.2 Å². The molecule has 0 aliphatic carbocycles. The van der Waals surface area contributed by atoms with Crippen molar-refractivity contribution in [1.29, 1.82) is 0 Å². The first-order chi connectivity index (χ1) is 15.5. The third-order valence-corrected chi connectivity index (χ3v) is 7.87. The Kier molecular flexibility index (Phi) is 5.49. The van der Waals surface area contributed by atoms with Crippen LogP contribution in [0.3, 0.4) is 0 Å². The normalized spacial score (nSPS) is 27.4. The van der Waals surface area contributed by atoms with Crippen LogP contribution in [0.25, 0.3) is 0 Å². The minimum Gasteiger partial charge on any atom is -0.371 e. The number of anilines is 1. The maximum absolute atomic E-state index is 13.3. The average molecular weight is 439 g/mol. The van der Waals surface area contributed by atoms with Gasteiger partial charge in [-0.05, 0) is 75.2 Å². The van der Waals surface area contributed by atoms with Crippen molar-refractivity contribution in [3.8, 4) is 0 Å². The number of aldehydes is 1. The fourth-order valence-electron chi connectivity index (χ4n) is 5.88. The Morgan fingerprint density at radius 1 is 0.938 bits per heavy atom. The molecule has 0 aromatic heterocycles. The Morgan fingerprint density at radius 3 is 2.28 bits per heavy atom. The summed E-state index contributed by atoms with van der Waals surface area (Å²) in [5, 5.41) is 6.07. The summed E-state index contributed by atoms with van der Waals surface area (Å²) in [6.45, 7) is 4.10. The zero-order valence-electron chi connectivity index (χ0n) is 18.3. The quantitative estimate of drug-likeness (QED) is 0.544. The van der Waals surface area contributed by atoms with Gasteiger partial charge in [0.2, 0.25) is 5.91 Å². The summed E-state index contributed by atoms with van der Waals surface area (Å²) in [6.07, 6.45) is 5.72. The second-order valence-electron chi connectivity index (χ2n) is 9.59. The number of piperidine rings is 3. The number of hydrogen-bond donors (Lipinski definition) is 2. The van der Waals surface area contributed by atoms with Gasteiger partial charge in [-0.1, -0.05) is 0 Å². The summed E-state index contributed by atoms with van der Waals surface area (Å²) >= 11 is 0. The van der Waals surface area contributed by atoms with Crippen LogP contribution in [0.5, 0.6) is 0 Å². The summed E-state index contributed by atoms with van der Waals surface area (Å²) < 4.78 is 0. The van der Waals surface area contributed by atoms with Crippen molar-refractivity contribution in [2.45, 2.75) is 44.1 Å². The summed E-state index contributed by atoms with van der Waals surface area (Å²) in [7, 11) is 0. The molecule has 3 amide bonds. The molecule has 0 radical (unpaired) electrons. The average Bonchev–Trinajstić information content (AvgIpc) is 3.10. The number of carbonyl (C=O) groups is 4. The molecule has 1 unspecified atom stereocenters. The molecule has 4 aliphatic rings. The number of carbonyl (C=O) groups excluding carboxylic acids is 4. The highest BCUT2D eigenvalue weighted by atomic mass is 16.2. The molecule has 3 fully saturated rings. The molecule has 8 nitrogen and oxygen atoms in total. The van der Waals surface area contributed by atoms with Crippen LogP contribution >= 0.6 is 0 Å². The van der Waals surface area contributed by atoms with E-state index in [1.165, 1.54) is 12.8 Å². The first-order valence-corrected chi connectivity index (χ1v) is 11.7. The highest BCUT2D eigenvalue weighted by Gasteiger charge is 2.51. The lowest BCUT2D eigenvalue weighted by Crippen LogP contribution is -2.61. The van der Waals surface area contributed by atoms with Crippen LogP contribution < -0.4 is 15.5 Å². The Bertz CT molecular complexity index is 937. The fourth-order valence-corrected chi connectivity index (χ4v) is 5.88. The predicted octanol–water partition coefficient (Wildman–Crippen LogP) is 1.35. The lowest BCUT2D eigenvalue weighted by atomic mass is 9.79. The standard InChI is InChI=1S/C24H30N4O4/c29-15-24(8-3-21(30)26-14-24)28-22(31)19-2-1-18(13-20(19)23(28)32)27-11-6-17(7-12-27)16-4-9-25-10-5-16/h1-2,13,15-17,25H,3-12,14H2,(H,26,30). The Labute approximate surface area is 187 Å². The van der Waals surface area contributed by atoms with Crippen LogP contribution in [0.1, 0.15) is 59.2 Å². The number of hydrogen-bond acceptors (Lipinski definition) is 6. The third-order valence-electron chi connectivity index (χ3n) is 7.87. The van der Waals surface area contributed by atoms with Crippen LogP contribution in [-0.4, -0.2) is 67.2 Å². The third kappa shape index (κ3) is 3.50. The van der Waals surface area contributed by atoms with Crippen LogP contribution in [0, 0.1) is 11.8 Å². The molecule has 0 spiro atoms. The van der Waals surface area contributed by atoms with E-state index in [1.54, 1.807) is 12.1 Å². The molecule has 1 aromatic rings. The molecule has 0 bridgehead atoms. The molecule has 32 heavy (non-hydrogen) atoms. The van der Waals surface area contributed by atoms with E-state index in [1.807, 2.05) is 6.07 Å². The van der Waals surface area contributed by atoms with E-state index in [0.717, 1.165) is 61.4 Å². The van der Waals surface area contributed by atoms with E-state index >= 15 is 0 Å². The number of nitrogens with zero attached hydrogens (tertiary/aromatic N) is 2. The van der Waals surface area contributed by atoms with Gasteiger partial charge in [0, 0.05) is 31.7 Å². The molecule has 3 saturated heterocycles. The zero-order valence-corrected chi connectivity index (χ0v) is 18.3. The van der Waals surface area contributed by atoms with Crippen molar-refractivity contribution in [2.24, 2.45) is 11.8 Å². The Hall–Kier alpha value is -2.74. The summed E-state index contributed by atoms with van der Waals surface area (Å²) in [5.74, 6) is 0.496. The van der Waals surface area contributed by atoms with Gasteiger partial charge in [-0.25, -0.2) is 0 Å². The van der Waals surface area contributed by atoms with E-state index < -0.39 is 17.4 Å².